The van der Waals surface area contributed by atoms with Crippen molar-refractivity contribution in [2.24, 2.45) is 0 Å². The number of alkyl halides is 1. The molecule has 4 N–H and O–H groups in total. The number of H-pyrrole nitrogens is 1. The first-order valence-corrected chi connectivity index (χ1v) is 13.4. The van der Waals surface area contributed by atoms with Crippen LogP contribution < -0.4 is 42.3 Å². The average molecular weight is 590 g/mol. The Hall–Kier alpha value is -3.12. The molecule has 2 bridgehead atoms. The SMILES string of the molecule is COc1c(F)cccc1Nc1c2[nH]c3c1C(=O)NC[C@H]3[I-]OC/C=C(/C)CCNc1cnccc1-2. The van der Waals surface area contributed by atoms with Crippen molar-refractivity contribution in [3.8, 4) is 17.0 Å². The van der Waals surface area contributed by atoms with E-state index in [4.69, 9.17) is 7.80 Å². The number of hydrogen-bond acceptors (Lipinski definition) is 6. The first-order chi connectivity index (χ1) is 17.1. The molecule has 3 aromatic rings. The molecule has 0 unspecified atom stereocenters. The van der Waals surface area contributed by atoms with E-state index in [1.54, 1.807) is 24.5 Å². The van der Waals surface area contributed by atoms with E-state index in [2.05, 4.69) is 38.9 Å². The number of hydrogen-bond donors (Lipinski definition) is 4. The van der Waals surface area contributed by atoms with Gasteiger partial charge in [0.05, 0.1) is 0 Å². The summed E-state index contributed by atoms with van der Waals surface area (Å²) < 4.78 is 25.9. The van der Waals surface area contributed by atoms with Crippen LogP contribution in [0.4, 0.5) is 21.5 Å². The van der Waals surface area contributed by atoms with Gasteiger partial charge in [0.2, 0.25) is 0 Å². The molecule has 1 aromatic carbocycles. The Kier molecular flexibility index (Phi) is 6.91. The van der Waals surface area contributed by atoms with Gasteiger partial charge in [-0.2, -0.15) is 0 Å². The van der Waals surface area contributed by atoms with Gasteiger partial charge < -0.3 is 0 Å². The van der Waals surface area contributed by atoms with Crippen LogP contribution in [0.1, 0.15) is 33.3 Å². The number of para-hydroxylation sites is 1. The molecule has 0 spiro atoms. The number of nitrogens with one attached hydrogen (secondary N) is 4. The molecule has 35 heavy (non-hydrogen) atoms. The number of ether oxygens (including phenoxy) is 1. The Morgan fingerprint density at radius 2 is 2.17 bits per heavy atom. The number of methoxy groups -OCH3 is 1. The third kappa shape index (κ3) is 4.72. The Morgan fingerprint density at radius 3 is 3.03 bits per heavy atom. The number of carbonyl (C=O) groups is 1. The number of aromatic nitrogens is 2. The van der Waals surface area contributed by atoms with E-state index in [0.717, 1.165) is 35.6 Å². The molecule has 0 saturated heterocycles. The van der Waals surface area contributed by atoms with E-state index in [9.17, 15) is 9.18 Å². The molecule has 5 rings (SSSR count). The van der Waals surface area contributed by atoms with Gasteiger partial charge in [-0.3, -0.25) is 0 Å². The van der Waals surface area contributed by atoms with Gasteiger partial charge in [-0.05, 0) is 0 Å². The van der Waals surface area contributed by atoms with Crippen LogP contribution in [0.2, 0.25) is 0 Å². The molecule has 0 radical (unpaired) electrons. The maximum absolute atomic E-state index is 14.5. The molecule has 1 atom stereocenters. The number of benzene rings is 1. The maximum atomic E-state index is 14.5. The van der Waals surface area contributed by atoms with Crippen molar-refractivity contribution in [1.82, 2.24) is 15.3 Å². The summed E-state index contributed by atoms with van der Waals surface area (Å²) >= 11 is -0.708. The second-order valence-corrected chi connectivity index (χ2v) is 10.9. The quantitative estimate of drug-likeness (QED) is 0.210. The summed E-state index contributed by atoms with van der Waals surface area (Å²) in [6, 6.07) is 6.57. The minimum atomic E-state index is -0.708. The molecule has 8 nitrogen and oxygen atoms in total. The fourth-order valence-corrected chi connectivity index (χ4v) is 6.19. The predicted molar refractivity (Wildman–Crippen MR) is 128 cm³/mol. The molecule has 2 aliphatic heterocycles. The van der Waals surface area contributed by atoms with E-state index in [-0.39, 0.29) is 15.6 Å². The summed E-state index contributed by atoms with van der Waals surface area (Å²) in [6.45, 7) is 3.88. The summed E-state index contributed by atoms with van der Waals surface area (Å²) in [6.07, 6.45) is 6.48. The average Bonchev–Trinajstić information content (AvgIpc) is 3.23. The molecule has 1 amide bonds. The second-order valence-electron chi connectivity index (χ2n) is 8.30. The normalized spacial score (nSPS) is 19.6. The van der Waals surface area contributed by atoms with E-state index in [1.165, 1.54) is 18.7 Å². The molecular weight excluding hydrogens is 564 g/mol. The Balaban J connectivity index is 1.69. The third-order valence-corrected chi connectivity index (χ3v) is 8.43. The van der Waals surface area contributed by atoms with Crippen molar-refractivity contribution in [3.63, 3.8) is 0 Å². The van der Waals surface area contributed by atoms with E-state index < -0.39 is 27.4 Å². The third-order valence-electron chi connectivity index (χ3n) is 6.03. The molecule has 0 fully saturated rings. The monoisotopic (exact) mass is 590 g/mol. The zero-order valence-corrected chi connectivity index (χ0v) is 21.5. The van der Waals surface area contributed by atoms with Gasteiger partial charge in [-0.15, -0.1) is 0 Å². The summed E-state index contributed by atoms with van der Waals surface area (Å²) in [5, 5.41) is 9.79. The molecule has 2 aliphatic rings. The molecule has 4 heterocycles. The number of halogens is 2. The van der Waals surface area contributed by atoms with Gasteiger partial charge in [0.15, 0.2) is 0 Å². The van der Waals surface area contributed by atoms with Crippen LogP contribution in [0.15, 0.2) is 48.3 Å². The molecule has 2 aromatic heterocycles. The topological polar surface area (TPSA) is 100 Å². The Morgan fingerprint density at radius 1 is 1.29 bits per heavy atom. The van der Waals surface area contributed by atoms with E-state index in [1.807, 2.05) is 6.07 Å². The Bertz CT molecular complexity index is 1290. The number of rotatable bonds is 3. The van der Waals surface area contributed by atoms with Crippen LogP contribution in [0, 0.1) is 5.82 Å². The van der Waals surface area contributed by atoms with Crippen molar-refractivity contribution in [2.45, 2.75) is 17.3 Å². The number of aromatic amines is 1. The zero-order valence-electron chi connectivity index (χ0n) is 19.4. The van der Waals surface area contributed by atoms with Gasteiger partial charge in [-0.25, -0.2) is 0 Å². The van der Waals surface area contributed by atoms with Crippen molar-refractivity contribution >= 4 is 23.0 Å². The fourth-order valence-electron chi connectivity index (χ4n) is 4.25. The fraction of sp³-hybridized carbons (Fsp3) is 0.280. The summed E-state index contributed by atoms with van der Waals surface area (Å²) in [5.41, 5.74) is 6.00. The van der Waals surface area contributed by atoms with Gasteiger partial charge in [0, 0.05) is 0 Å². The van der Waals surface area contributed by atoms with Crippen LogP contribution in [0.25, 0.3) is 11.3 Å². The summed E-state index contributed by atoms with van der Waals surface area (Å²) in [7, 11) is 1.42. The van der Waals surface area contributed by atoms with Crippen LogP contribution in [-0.4, -0.2) is 42.7 Å². The number of carbonyl (C=O) groups excluding carboxylic acids is 1. The van der Waals surface area contributed by atoms with Crippen LogP contribution >= 0.6 is 0 Å². The number of anilines is 3. The van der Waals surface area contributed by atoms with Gasteiger partial charge in [-0.1, -0.05) is 0 Å². The standard InChI is InChI=1S/C25H26FIN5O3/c1-14-6-10-29-19-13-28-9-7-15(19)21-23(31-18-5-3-4-16(26)24(18)34-2)20-22(32-21)17(12-30-25(20)33)27-35-11-8-14/h3-5,7-9,13,17,29,31-32H,6,10-12H2,1-2H3,(H,30,33)/q-1/b14-8-/t17-/m1/s1. The number of fused-ring (bicyclic) bond motifs is 3. The minimum absolute atomic E-state index is 0.0418. The first kappa shape index (κ1) is 23.6. The van der Waals surface area contributed by atoms with Crippen molar-refractivity contribution in [3.05, 3.63) is 65.4 Å². The van der Waals surface area contributed by atoms with Gasteiger partial charge >= 0.3 is 214 Å². The zero-order chi connectivity index (χ0) is 24.4. The summed E-state index contributed by atoms with van der Waals surface area (Å²) in [5.74, 6) is -0.598. The number of nitrogens with zero attached hydrogens (tertiary/aromatic N) is 1. The first-order valence-electron chi connectivity index (χ1n) is 11.3. The van der Waals surface area contributed by atoms with Gasteiger partial charge in [0.1, 0.15) is 0 Å². The van der Waals surface area contributed by atoms with E-state index in [0.29, 0.717) is 30.1 Å². The molecule has 184 valence electrons. The van der Waals surface area contributed by atoms with E-state index >= 15 is 0 Å². The molecule has 0 aliphatic carbocycles. The summed E-state index contributed by atoms with van der Waals surface area (Å²) in [4.78, 5) is 21.0. The number of amides is 1. The van der Waals surface area contributed by atoms with Crippen molar-refractivity contribution in [1.29, 1.82) is 0 Å². The molecule has 10 heteroatoms. The Labute approximate surface area is 213 Å². The van der Waals surface area contributed by atoms with Crippen molar-refractivity contribution < 1.29 is 38.6 Å². The van der Waals surface area contributed by atoms with Gasteiger partial charge in [0.25, 0.3) is 0 Å². The second kappa shape index (κ2) is 10.2. The predicted octanol–water partition coefficient (Wildman–Crippen LogP) is 1.53. The number of pyridine rings is 1. The molecular formula is C25H26FIN5O3-. The van der Waals surface area contributed by atoms with Crippen LogP contribution in [-0.2, 0) is 3.07 Å². The van der Waals surface area contributed by atoms with Crippen LogP contribution in [0.5, 0.6) is 5.75 Å². The van der Waals surface area contributed by atoms with Crippen LogP contribution in [0.3, 0.4) is 0 Å². The van der Waals surface area contributed by atoms with Crippen molar-refractivity contribution in [2.75, 3.05) is 37.4 Å². The molecule has 0 saturated carbocycles.